The highest BCUT2D eigenvalue weighted by atomic mass is 32.1. The summed E-state index contributed by atoms with van der Waals surface area (Å²) in [5.41, 5.74) is 3.39. The van der Waals surface area contributed by atoms with E-state index in [0.29, 0.717) is 6.54 Å². The van der Waals surface area contributed by atoms with Crippen LogP contribution in [0.3, 0.4) is 0 Å². The molecule has 2 aromatic carbocycles. The number of hydrogen-bond acceptors (Lipinski definition) is 2. The Morgan fingerprint density at radius 2 is 1.76 bits per heavy atom. The molecule has 0 saturated carbocycles. The number of nitrogens with zero attached hydrogens (tertiary/aromatic N) is 1. The molecule has 3 nitrogen and oxygen atoms in total. The lowest BCUT2D eigenvalue weighted by Gasteiger charge is -2.19. The van der Waals surface area contributed by atoms with Gasteiger partial charge in [-0.05, 0) is 30.5 Å². The maximum Gasteiger partial charge on any atom is 0.281 e. The lowest BCUT2D eigenvalue weighted by molar-refractivity contribution is -0.676. The van der Waals surface area contributed by atoms with Crippen molar-refractivity contribution in [2.24, 2.45) is 0 Å². The second-order valence-electron chi connectivity index (χ2n) is 6.13. The Labute approximate surface area is 152 Å². The smallest absolute Gasteiger partial charge is 0.281 e. The third-order valence-corrected chi connectivity index (χ3v) is 5.29. The van der Waals surface area contributed by atoms with Crippen molar-refractivity contribution < 1.29 is 10.1 Å². The minimum Gasteiger partial charge on any atom is -0.328 e. The van der Waals surface area contributed by atoms with E-state index >= 15 is 0 Å². The molecule has 1 amide bonds. The molecule has 0 aliphatic heterocycles. The Bertz CT molecular complexity index is 798. The number of thiophene rings is 1. The van der Waals surface area contributed by atoms with Crippen molar-refractivity contribution in [3.63, 3.8) is 0 Å². The molecule has 0 spiro atoms. The monoisotopic (exact) mass is 351 g/mol. The van der Waals surface area contributed by atoms with Crippen molar-refractivity contribution in [3.8, 4) is 0 Å². The van der Waals surface area contributed by atoms with Crippen LogP contribution >= 0.6 is 11.3 Å². The first-order chi connectivity index (χ1) is 12.1. The maximum atomic E-state index is 12.6. The highest BCUT2D eigenvalue weighted by Crippen LogP contribution is 2.23. The topological polar surface area (TPSA) is 36.9 Å². The molecule has 3 rings (SSSR count). The van der Waals surface area contributed by atoms with E-state index in [1.54, 1.807) is 16.2 Å². The molecule has 0 saturated heterocycles. The van der Waals surface area contributed by atoms with E-state index in [1.807, 2.05) is 37.4 Å². The van der Waals surface area contributed by atoms with Gasteiger partial charge < -0.3 is 10.2 Å². The SMILES string of the molecule is Cc1ccc([C@@H]([NH2+]CC(=O)N(C)c2ccccc2)c2cccs2)cc1. The zero-order chi connectivity index (χ0) is 17.6. The number of quaternary nitrogens is 1. The molecule has 25 heavy (non-hydrogen) atoms. The fraction of sp³-hybridized carbons (Fsp3) is 0.190. The van der Waals surface area contributed by atoms with Crippen molar-refractivity contribution in [1.29, 1.82) is 0 Å². The van der Waals surface area contributed by atoms with Gasteiger partial charge in [-0.15, -0.1) is 11.3 Å². The summed E-state index contributed by atoms with van der Waals surface area (Å²) in [6, 6.07) is 22.7. The Kier molecular flexibility index (Phi) is 5.64. The van der Waals surface area contributed by atoms with Crippen molar-refractivity contribution in [1.82, 2.24) is 0 Å². The molecule has 1 atom stereocenters. The summed E-state index contributed by atoms with van der Waals surface area (Å²) in [4.78, 5) is 15.6. The number of para-hydroxylation sites is 1. The molecule has 0 aliphatic carbocycles. The molecule has 3 aromatic rings. The van der Waals surface area contributed by atoms with Crippen molar-refractivity contribution >= 4 is 22.9 Å². The minimum absolute atomic E-state index is 0.0971. The van der Waals surface area contributed by atoms with Crippen molar-refractivity contribution in [3.05, 3.63) is 88.1 Å². The Morgan fingerprint density at radius 3 is 2.40 bits per heavy atom. The van der Waals surface area contributed by atoms with Gasteiger partial charge in [-0.3, -0.25) is 4.79 Å². The second kappa shape index (κ2) is 8.10. The first kappa shape index (κ1) is 17.4. The van der Waals surface area contributed by atoms with Gasteiger partial charge in [0, 0.05) is 18.3 Å². The molecular formula is C21H23N2OS+. The van der Waals surface area contributed by atoms with Gasteiger partial charge in [0.1, 0.15) is 6.04 Å². The van der Waals surface area contributed by atoms with E-state index in [2.05, 4.69) is 54.0 Å². The Hall–Kier alpha value is -2.43. The van der Waals surface area contributed by atoms with Crippen LogP contribution in [0.4, 0.5) is 5.69 Å². The largest absolute Gasteiger partial charge is 0.328 e. The minimum atomic E-state index is 0.0971. The fourth-order valence-corrected chi connectivity index (χ4v) is 3.66. The molecule has 0 fully saturated rings. The van der Waals surface area contributed by atoms with Crippen LogP contribution < -0.4 is 10.2 Å². The summed E-state index contributed by atoms with van der Waals surface area (Å²) in [5.74, 6) is 0.0971. The fourth-order valence-electron chi connectivity index (χ4n) is 2.81. The first-order valence-corrected chi connectivity index (χ1v) is 9.28. The number of anilines is 1. The molecule has 1 heterocycles. The van der Waals surface area contributed by atoms with Gasteiger partial charge in [-0.2, -0.15) is 0 Å². The van der Waals surface area contributed by atoms with Gasteiger partial charge in [0.15, 0.2) is 6.54 Å². The van der Waals surface area contributed by atoms with E-state index in [-0.39, 0.29) is 11.9 Å². The molecule has 1 aromatic heterocycles. The van der Waals surface area contributed by atoms with E-state index in [1.165, 1.54) is 16.0 Å². The Balaban J connectivity index is 1.73. The van der Waals surface area contributed by atoms with Gasteiger partial charge in [0.25, 0.3) is 5.91 Å². The molecule has 0 radical (unpaired) electrons. The van der Waals surface area contributed by atoms with Crippen LogP contribution in [0.5, 0.6) is 0 Å². The molecule has 0 unspecified atom stereocenters. The van der Waals surface area contributed by atoms with Crippen LogP contribution in [0.1, 0.15) is 22.0 Å². The number of likely N-dealkylation sites (N-methyl/N-ethyl adjacent to an activating group) is 1. The lowest BCUT2D eigenvalue weighted by Crippen LogP contribution is -2.87. The molecule has 0 bridgehead atoms. The van der Waals surface area contributed by atoms with E-state index in [4.69, 9.17) is 0 Å². The van der Waals surface area contributed by atoms with Gasteiger partial charge in [-0.1, -0.05) is 54.1 Å². The summed E-state index contributed by atoms with van der Waals surface area (Å²) in [5, 5.41) is 4.21. The number of amides is 1. The summed E-state index contributed by atoms with van der Waals surface area (Å²) in [6.45, 7) is 2.49. The Morgan fingerprint density at radius 1 is 1.04 bits per heavy atom. The summed E-state index contributed by atoms with van der Waals surface area (Å²) >= 11 is 1.73. The van der Waals surface area contributed by atoms with E-state index in [0.717, 1.165) is 5.69 Å². The standard InChI is InChI=1S/C21H22N2OS/c1-16-10-12-17(13-11-16)21(19-9-6-14-25-19)22-15-20(24)23(2)18-7-4-3-5-8-18/h3-14,21-22H,15H2,1-2H3/p+1/t21-/m1/s1. The quantitative estimate of drug-likeness (QED) is 0.726. The molecular weight excluding hydrogens is 328 g/mol. The van der Waals surface area contributed by atoms with Crippen LogP contribution in [-0.4, -0.2) is 19.5 Å². The molecule has 128 valence electrons. The molecule has 2 N–H and O–H groups in total. The number of rotatable bonds is 6. The summed E-state index contributed by atoms with van der Waals surface area (Å²) < 4.78 is 0. The number of carbonyl (C=O) groups excluding carboxylic acids is 1. The van der Waals surface area contributed by atoms with E-state index in [9.17, 15) is 4.79 Å². The van der Waals surface area contributed by atoms with Gasteiger partial charge >= 0.3 is 0 Å². The third-order valence-electron chi connectivity index (χ3n) is 4.33. The van der Waals surface area contributed by atoms with Gasteiger partial charge in [-0.25, -0.2) is 0 Å². The van der Waals surface area contributed by atoms with Gasteiger partial charge in [0.05, 0.1) is 4.88 Å². The molecule has 4 heteroatoms. The lowest BCUT2D eigenvalue weighted by atomic mass is 10.0. The normalized spacial score (nSPS) is 11.9. The molecule has 0 aliphatic rings. The number of benzene rings is 2. The summed E-state index contributed by atoms with van der Waals surface area (Å²) in [6.07, 6.45) is 0. The maximum absolute atomic E-state index is 12.6. The first-order valence-electron chi connectivity index (χ1n) is 8.40. The number of carbonyl (C=O) groups is 1. The zero-order valence-electron chi connectivity index (χ0n) is 14.6. The van der Waals surface area contributed by atoms with Crippen LogP contribution in [0.2, 0.25) is 0 Å². The predicted octanol–water partition coefficient (Wildman–Crippen LogP) is 3.37. The zero-order valence-corrected chi connectivity index (χ0v) is 15.4. The van der Waals surface area contributed by atoms with Crippen molar-refractivity contribution in [2.45, 2.75) is 13.0 Å². The third kappa shape index (κ3) is 4.35. The van der Waals surface area contributed by atoms with Crippen LogP contribution in [0.15, 0.2) is 72.1 Å². The summed E-state index contributed by atoms with van der Waals surface area (Å²) in [7, 11) is 1.83. The van der Waals surface area contributed by atoms with Crippen LogP contribution in [0, 0.1) is 6.92 Å². The van der Waals surface area contributed by atoms with Crippen molar-refractivity contribution in [2.75, 3.05) is 18.5 Å². The average molecular weight is 351 g/mol. The highest BCUT2D eigenvalue weighted by molar-refractivity contribution is 7.10. The number of aryl methyl sites for hydroxylation is 1. The van der Waals surface area contributed by atoms with Crippen LogP contribution in [0.25, 0.3) is 0 Å². The second-order valence-corrected chi connectivity index (χ2v) is 7.11. The van der Waals surface area contributed by atoms with E-state index < -0.39 is 0 Å². The number of hydrogen-bond donors (Lipinski definition) is 1. The van der Waals surface area contributed by atoms with Gasteiger partial charge in [0.2, 0.25) is 0 Å². The average Bonchev–Trinajstić information content (AvgIpc) is 3.17. The highest BCUT2D eigenvalue weighted by Gasteiger charge is 2.21. The predicted molar refractivity (Wildman–Crippen MR) is 104 cm³/mol. The van der Waals surface area contributed by atoms with Crippen LogP contribution in [-0.2, 0) is 4.79 Å². The number of nitrogens with two attached hydrogens (primary N) is 1.